The molecule has 0 saturated carbocycles. The summed E-state index contributed by atoms with van der Waals surface area (Å²) in [4.78, 5) is 9.94. The molecule has 162 valence electrons. The van der Waals surface area contributed by atoms with Crippen LogP contribution in [0.25, 0.3) is 33.1 Å². The van der Waals surface area contributed by atoms with E-state index in [-0.39, 0.29) is 0 Å². The number of benzene rings is 3. The highest BCUT2D eigenvalue weighted by atomic mass is 79.9. The van der Waals surface area contributed by atoms with E-state index in [1.807, 2.05) is 24.3 Å². The van der Waals surface area contributed by atoms with Gasteiger partial charge in [-0.25, -0.2) is 9.97 Å². The van der Waals surface area contributed by atoms with E-state index in [2.05, 4.69) is 87.5 Å². The van der Waals surface area contributed by atoms with E-state index in [0.717, 1.165) is 47.8 Å². The van der Waals surface area contributed by atoms with Gasteiger partial charge in [0.15, 0.2) is 5.65 Å². The molecule has 0 amide bonds. The Kier molecular flexibility index (Phi) is 5.68. The topological polar surface area (TPSA) is 39.9 Å². The fourth-order valence-corrected chi connectivity index (χ4v) is 5.63. The van der Waals surface area contributed by atoms with Crippen LogP contribution in [0.2, 0.25) is 0 Å². The highest BCUT2D eigenvalue weighted by molar-refractivity contribution is 9.11. The molecular formula is C26H23Br2N3O. The standard InChI is InChI=1S/C26H23Br2N3O/c1-15(2)18-9-8-16(3)12-23(18)32-11-10-31-25-19(13-17(27)14-20(25)28)24-26(31)30-22-7-5-4-6-21(22)29-24/h4-9,12-15H,10-11H2,1-3H3. The van der Waals surface area contributed by atoms with Crippen molar-refractivity contribution in [1.29, 1.82) is 0 Å². The average molecular weight is 553 g/mol. The molecule has 2 heterocycles. The minimum atomic E-state index is 0.405. The van der Waals surface area contributed by atoms with Gasteiger partial charge in [0, 0.05) is 14.3 Å². The second-order valence-corrected chi connectivity index (χ2v) is 10.1. The highest BCUT2D eigenvalue weighted by Gasteiger charge is 2.18. The summed E-state index contributed by atoms with van der Waals surface area (Å²) in [7, 11) is 0. The van der Waals surface area contributed by atoms with Gasteiger partial charge in [0.05, 0.1) is 23.1 Å². The van der Waals surface area contributed by atoms with Crippen molar-refractivity contribution in [2.24, 2.45) is 0 Å². The van der Waals surface area contributed by atoms with Crippen molar-refractivity contribution in [3.8, 4) is 5.75 Å². The second kappa shape index (κ2) is 8.49. The van der Waals surface area contributed by atoms with E-state index in [1.165, 1.54) is 11.1 Å². The number of rotatable bonds is 5. The van der Waals surface area contributed by atoms with Crippen molar-refractivity contribution in [3.05, 3.63) is 74.7 Å². The van der Waals surface area contributed by atoms with E-state index < -0.39 is 0 Å². The van der Waals surface area contributed by atoms with Crippen LogP contribution in [0.5, 0.6) is 5.75 Å². The van der Waals surface area contributed by atoms with Gasteiger partial charge in [0.25, 0.3) is 0 Å². The van der Waals surface area contributed by atoms with Gasteiger partial charge in [-0.2, -0.15) is 0 Å². The number of aryl methyl sites for hydroxylation is 1. The first-order chi connectivity index (χ1) is 15.4. The minimum absolute atomic E-state index is 0.405. The summed E-state index contributed by atoms with van der Waals surface area (Å²) < 4.78 is 10.5. The number of nitrogens with zero attached hydrogens (tertiary/aromatic N) is 3. The van der Waals surface area contributed by atoms with Gasteiger partial charge in [-0.1, -0.05) is 54.0 Å². The first-order valence-electron chi connectivity index (χ1n) is 10.7. The second-order valence-electron chi connectivity index (χ2n) is 8.36. The number of hydrogen-bond donors (Lipinski definition) is 0. The van der Waals surface area contributed by atoms with Crippen LogP contribution in [-0.2, 0) is 6.54 Å². The first-order valence-corrected chi connectivity index (χ1v) is 12.3. The van der Waals surface area contributed by atoms with E-state index in [1.54, 1.807) is 0 Å². The van der Waals surface area contributed by atoms with Crippen molar-refractivity contribution < 1.29 is 4.74 Å². The summed E-state index contributed by atoms with van der Waals surface area (Å²) in [5, 5.41) is 1.07. The molecule has 3 aromatic carbocycles. The molecule has 0 spiro atoms. The van der Waals surface area contributed by atoms with Crippen LogP contribution >= 0.6 is 31.9 Å². The SMILES string of the molecule is Cc1ccc(C(C)C)c(OCCn2c3nc4ccccc4nc3c3cc(Br)cc(Br)c32)c1. The van der Waals surface area contributed by atoms with Gasteiger partial charge >= 0.3 is 0 Å². The van der Waals surface area contributed by atoms with Gasteiger partial charge in [0.2, 0.25) is 0 Å². The van der Waals surface area contributed by atoms with Crippen molar-refractivity contribution >= 4 is 65.0 Å². The molecule has 0 N–H and O–H groups in total. The largest absolute Gasteiger partial charge is 0.491 e. The maximum Gasteiger partial charge on any atom is 0.160 e. The molecule has 0 aliphatic rings. The Bertz CT molecular complexity index is 1470. The number of hydrogen-bond acceptors (Lipinski definition) is 3. The Labute approximate surface area is 203 Å². The molecule has 4 nitrogen and oxygen atoms in total. The van der Waals surface area contributed by atoms with Gasteiger partial charge in [0.1, 0.15) is 17.9 Å². The number of ether oxygens (including phenoxy) is 1. The van der Waals surface area contributed by atoms with Crippen LogP contribution in [0.3, 0.4) is 0 Å². The average Bonchev–Trinajstić information content (AvgIpc) is 3.05. The molecule has 5 rings (SSSR count). The maximum absolute atomic E-state index is 6.31. The molecular weight excluding hydrogens is 530 g/mol. The molecule has 0 saturated heterocycles. The highest BCUT2D eigenvalue weighted by Crippen LogP contribution is 2.36. The number of fused-ring (bicyclic) bond motifs is 4. The molecule has 0 fully saturated rings. The molecule has 0 aliphatic heterocycles. The van der Waals surface area contributed by atoms with Crippen molar-refractivity contribution in [1.82, 2.24) is 14.5 Å². The molecule has 0 unspecified atom stereocenters. The predicted molar refractivity (Wildman–Crippen MR) is 139 cm³/mol. The molecule has 5 aromatic rings. The normalized spacial score (nSPS) is 11.8. The molecule has 0 radical (unpaired) electrons. The minimum Gasteiger partial charge on any atom is -0.491 e. The zero-order chi connectivity index (χ0) is 22.4. The smallest absolute Gasteiger partial charge is 0.160 e. The molecule has 32 heavy (non-hydrogen) atoms. The van der Waals surface area contributed by atoms with Crippen molar-refractivity contribution in [2.45, 2.75) is 33.2 Å². The molecule has 6 heteroatoms. The lowest BCUT2D eigenvalue weighted by atomic mass is 10.0. The Morgan fingerprint density at radius 2 is 1.72 bits per heavy atom. The third-order valence-electron chi connectivity index (χ3n) is 5.72. The lowest BCUT2D eigenvalue weighted by Crippen LogP contribution is -2.10. The summed E-state index contributed by atoms with van der Waals surface area (Å²) in [6.45, 7) is 7.69. The third kappa shape index (κ3) is 3.80. The summed E-state index contributed by atoms with van der Waals surface area (Å²) in [5.74, 6) is 1.36. The molecule has 0 bridgehead atoms. The van der Waals surface area contributed by atoms with Crippen LogP contribution in [0.1, 0.15) is 30.9 Å². The molecule has 2 aromatic heterocycles. The Balaban J connectivity index is 1.60. The lowest BCUT2D eigenvalue weighted by molar-refractivity contribution is 0.298. The van der Waals surface area contributed by atoms with Crippen LogP contribution in [-0.4, -0.2) is 21.1 Å². The van der Waals surface area contributed by atoms with E-state index >= 15 is 0 Å². The van der Waals surface area contributed by atoms with E-state index in [9.17, 15) is 0 Å². The number of halogens is 2. The molecule has 0 atom stereocenters. The Morgan fingerprint density at radius 1 is 0.969 bits per heavy atom. The van der Waals surface area contributed by atoms with Crippen LogP contribution in [0.4, 0.5) is 0 Å². The summed E-state index contributed by atoms with van der Waals surface area (Å²) >= 11 is 7.39. The predicted octanol–water partition coefficient (Wildman–Crippen LogP) is 7.77. The third-order valence-corrected chi connectivity index (χ3v) is 6.79. The zero-order valence-corrected chi connectivity index (χ0v) is 21.4. The van der Waals surface area contributed by atoms with Gasteiger partial charge < -0.3 is 9.30 Å². The monoisotopic (exact) mass is 551 g/mol. The van der Waals surface area contributed by atoms with E-state index in [0.29, 0.717) is 19.1 Å². The Morgan fingerprint density at radius 3 is 2.47 bits per heavy atom. The van der Waals surface area contributed by atoms with Gasteiger partial charge in [-0.05, 0) is 70.2 Å². The van der Waals surface area contributed by atoms with Crippen LogP contribution in [0, 0.1) is 6.92 Å². The fraction of sp³-hybridized carbons (Fsp3) is 0.231. The number of aromatic nitrogens is 3. The van der Waals surface area contributed by atoms with Crippen LogP contribution in [0.15, 0.2) is 63.5 Å². The number of para-hydroxylation sites is 2. The lowest BCUT2D eigenvalue weighted by Gasteiger charge is -2.16. The van der Waals surface area contributed by atoms with Crippen molar-refractivity contribution in [3.63, 3.8) is 0 Å². The van der Waals surface area contributed by atoms with Crippen molar-refractivity contribution in [2.75, 3.05) is 6.61 Å². The van der Waals surface area contributed by atoms with E-state index in [4.69, 9.17) is 14.7 Å². The van der Waals surface area contributed by atoms with Gasteiger partial charge in [-0.15, -0.1) is 0 Å². The van der Waals surface area contributed by atoms with Gasteiger partial charge in [-0.3, -0.25) is 0 Å². The quantitative estimate of drug-likeness (QED) is 0.223. The summed E-state index contributed by atoms with van der Waals surface area (Å²) in [6, 6.07) is 18.6. The summed E-state index contributed by atoms with van der Waals surface area (Å²) in [5.41, 5.74) is 7.07. The summed E-state index contributed by atoms with van der Waals surface area (Å²) in [6.07, 6.45) is 0. The van der Waals surface area contributed by atoms with Crippen LogP contribution < -0.4 is 4.74 Å². The fourth-order valence-electron chi connectivity index (χ4n) is 4.19. The Hall–Kier alpha value is -2.44. The first kappa shape index (κ1) is 21.4. The molecule has 0 aliphatic carbocycles. The maximum atomic E-state index is 6.31. The zero-order valence-electron chi connectivity index (χ0n) is 18.2.